The largest absolute Gasteiger partial charge is 0.399 e. The molecule has 98 valence electrons. The van der Waals surface area contributed by atoms with Gasteiger partial charge in [-0.2, -0.15) is 0 Å². The van der Waals surface area contributed by atoms with Gasteiger partial charge in [-0.25, -0.2) is 4.98 Å². The number of rotatable bonds is 4. The van der Waals surface area contributed by atoms with E-state index in [9.17, 15) is 9.32 Å². The van der Waals surface area contributed by atoms with Crippen LogP contribution in [0.3, 0.4) is 0 Å². The van der Waals surface area contributed by atoms with E-state index in [2.05, 4.69) is 4.98 Å². The lowest BCUT2D eigenvalue weighted by Gasteiger charge is -2.15. The van der Waals surface area contributed by atoms with Crippen molar-refractivity contribution in [2.45, 2.75) is 19.6 Å². The van der Waals surface area contributed by atoms with Gasteiger partial charge in [-0.3, -0.25) is 4.21 Å². The predicted molar refractivity (Wildman–Crippen MR) is 73.7 cm³/mol. The third kappa shape index (κ3) is 2.39. The molecule has 0 saturated heterocycles. The number of aliphatic hydroxyl groups is 1. The number of nitrogens with two attached hydrogens (primary N) is 1. The third-order valence-electron chi connectivity index (χ3n) is 2.84. The SMILES string of the molecule is CC(CS(C)=O)n1c(CO)nc2cc(N)ccc21. The Morgan fingerprint density at radius 2 is 2.28 bits per heavy atom. The van der Waals surface area contributed by atoms with E-state index in [0.29, 0.717) is 17.3 Å². The molecule has 2 aromatic rings. The lowest BCUT2D eigenvalue weighted by molar-refractivity contribution is 0.263. The Morgan fingerprint density at radius 3 is 2.89 bits per heavy atom. The first-order chi connectivity index (χ1) is 8.52. The fourth-order valence-corrected chi connectivity index (χ4v) is 3.01. The topological polar surface area (TPSA) is 81.1 Å². The first-order valence-corrected chi connectivity index (χ1v) is 7.43. The molecular formula is C12H17N3O2S. The first-order valence-electron chi connectivity index (χ1n) is 5.70. The van der Waals surface area contributed by atoms with Crippen molar-refractivity contribution in [1.29, 1.82) is 0 Å². The van der Waals surface area contributed by atoms with Crippen molar-refractivity contribution in [3.8, 4) is 0 Å². The fraction of sp³-hybridized carbons (Fsp3) is 0.417. The zero-order chi connectivity index (χ0) is 13.3. The molecule has 1 aromatic carbocycles. The van der Waals surface area contributed by atoms with Crippen LogP contribution in [0.5, 0.6) is 0 Å². The van der Waals surface area contributed by atoms with E-state index in [-0.39, 0.29) is 12.6 Å². The highest BCUT2D eigenvalue weighted by molar-refractivity contribution is 7.84. The molecule has 3 N–H and O–H groups in total. The fourth-order valence-electron chi connectivity index (χ4n) is 2.18. The summed E-state index contributed by atoms with van der Waals surface area (Å²) in [6.07, 6.45) is 1.67. The van der Waals surface area contributed by atoms with E-state index < -0.39 is 10.8 Å². The highest BCUT2D eigenvalue weighted by Gasteiger charge is 2.16. The Morgan fingerprint density at radius 1 is 1.56 bits per heavy atom. The smallest absolute Gasteiger partial charge is 0.135 e. The summed E-state index contributed by atoms with van der Waals surface area (Å²) in [6, 6.07) is 5.48. The molecule has 0 aliphatic carbocycles. The minimum Gasteiger partial charge on any atom is -0.399 e. The van der Waals surface area contributed by atoms with Gasteiger partial charge in [-0.1, -0.05) is 0 Å². The van der Waals surface area contributed by atoms with Crippen molar-refractivity contribution in [1.82, 2.24) is 9.55 Å². The van der Waals surface area contributed by atoms with Gasteiger partial charge in [0, 0.05) is 34.5 Å². The van der Waals surface area contributed by atoms with Gasteiger partial charge in [-0.15, -0.1) is 0 Å². The maximum atomic E-state index is 11.3. The summed E-state index contributed by atoms with van der Waals surface area (Å²) in [6.45, 7) is 1.83. The number of nitrogens with zero attached hydrogens (tertiary/aromatic N) is 2. The maximum Gasteiger partial charge on any atom is 0.135 e. The molecule has 2 rings (SSSR count). The van der Waals surface area contributed by atoms with Crippen molar-refractivity contribution in [3.05, 3.63) is 24.0 Å². The van der Waals surface area contributed by atoms with Crippen LogP contribution in [-0.4, -0.2) is 30.9 Å². The van der Waals surface area contributed by atoms with Gasteiger partial charge in [0.1, 0.15) is 12.4 Å². The van der Waals surface area contributed by atoms with Crippen LogP contribution in [0, 0.1) is 0 Å². The number of hydrogen-bond acceptors (Lipinski definition) is 4. The predicted octanol–water partition coefficient (Wildman–Crippen LogP) is 1.05. The molecule has 0 fully saturated rings. The van der Waals surface area contributed by atoms with Crippen LogP contribution >= 0.6 is 0 Å². The average molecular weight is 267 g/mol. The number of fused-ring (bicyclic) bond motifs is 1. The Labute approximate surface area is 108 Å². The number of aliphatic hydroxyl groups excluding tert-OH is 1. The second-order valence-corrected chi connectivity index (χ2v) is 5.87. The quantitative estimate of drug-likeness (QED) is 0.811. The van der Waals surface area contributed by atoms with E-state index in [1.807, 2.05) is 17.6 Å². The summed E-state index contributed by atoms with van der Waals surface area (Å²) in [5.41, 5.74) is 8.03. The highest BCUT2D eigenvalue weighted by atomic mass is 32.2. The van der Waals surface area contributed by atoms with Crippen LogP contribution in [-0.2, 0) is 17.4 Å². The number of anilines is 1. The van der Waals surface area contributed by atoms with Crippen molar-refractivity contribution in [3.63, 3.8) is 0 Å². The molecule has 0 aliphatic heterocycles. The summed E-state index contributed by atoms with van der Waals surface area (Å²) in [7, 11) is -0.893. The maximum absolute atomic E-state index is 11.3. The zero-order valence-electron chi connectivity index (χ0n) is 10.5. The van der Waals surface area contributed by atoms with Gasteiger partial charge < -0.3 is 15.4 Å². The normalized spacial score (nSPS) is 14.8. The minimum atomic E-state index is -0.893. The minimum absolute atomic E-state index is 0.0200. The van der Waals surface area contributed by atoms with E-state index >= 15 is 0 Å². The molecule has 0 saturated carbocycles. The molecule has 1 aromatic heterocycles. The molecule has 0 amide bonds. The van der Waals surface area contributed by atoms with Crippen LogP contribution in [0.15, 0.2) is 18.2 Å². The number of hydrogen-bond donors (Lipinski definition) is 2. The summed E-state index contributed by atoms with van der Waals surface area (Å²) < 4.78 is 13.3. The number of nitrogen functional groups attached to an aromatic ring is 1. The van der Waals surface area contributed by atoms with Crippen LogP contribution in [0.4, 0.5) is 5.69 Å². The monoisotopic (exact) mass is 267 g/mol. The Bertz CT molecular complexity index is 594. The van der Waals surface area contributed by atoms with E-state index in [1.165, 1.54) is 0 Å². The number of imidazole rings is 1. The average Bonchev–Trinajstić information content (AvgIpc) is 2.65. The molecule has 0 aliphatic rings. The van der Waals surface area contributed by atoms with Crippen molar-refractivity contribution in [2.24, 2.45) is 0 Å². The molecule has 6 heteroatoms. The van der Waals surface area contributed by atoms with Gasteiger partial charge in [0.05, 0.1) is 11.0 Å². The first kappa shape index (κ1) is 13.0. The Hall–Kier alpha value is -1.40. The second kappa shape index (κ2) is 5.07. The van der Waals surface area contributed by atoms with Crippen molar-refractivity contribution in [2.75, 3.05) is 17.7 Å². The van der Waals surface area contributed by atoms with Crippen LogP contribution in [0.25, 0.3) is 11.0 Å². The molecule has 2 unspecified atom stereocenters. The third-order valence-corrected chi connectivity index (χ3v) is 3.80. The lowest BCUT2D eigenvalue weighted by Crippen LogP contribution is -2.15. The Kier molecular flexibility index (Phi) is 3.68. The molecule has 0 radical (unpaired) electrons. The number of aromatic nitrogens is 2. The van der Waals surface area contributed by atoms with Crippen LogP contribution < -0.4 is 5.73 Å². The molecule has 18 heavy (non-hydrogen) atoms. The number of benzene rings is 1. The van der Waals surface area contributed by atoms with Crippen molar-refractivity contribution >= 4 is 27.5 Å². The van der Waals surface area contributed by atoms with Gasteiger partial charge in [-0.05, 0) is 25.1 Å². The standard InChI is InChI=1S/C12H17N3O2S/c1-8(7-18(2)17)15-11-4-3-9(13)5-10(11)14-12(15)6-16/h3-5,8,16H,6-7,13H2,1-2H3. The van der Waals surface area contributed by atoms with E-state index in [1.54, 1.807) is 18.4 Å². The molecule has 0 spiro atoms. The van der Waals surface area contributed by atoms with Gasteiger partial charge >= 0.3 is 0 Å². The summed E-state index contributed by atoms with van der Waals surface area (Å²) in [4.78, 5) is 4.35. The van der Waals surface area contributed by atoms with Crippen LogP contribution in [0.1, 0.15) is 18.8 Å². The van der Waals surface area contributed by atoms with Gasteiger partial charge in [0.15, 0.2) is 0 Å². The molecular weight excluding hydrogens is 250 g/mol. The van der Waals surface area contributed by atoms with Gasteiger partial charge in [0.2, 0.25) is 0 Å². The molecule has 2 atom stereocenters. The highest BCUT2D eigenvalue weighted by Crippen LogP contribution is 2.23. The zero-order valence-corrected chi connectivity index (χ0v) is 11.3. The summed E-state index contributed by atoms with van der Waals surface area (Å²) in [5.74, 6) is 1.11. The van der Waals surface area contributed by atoms with E-state index in [4.69, 9.17) is 5.73 Å². The Balaban J connectivity index is 2.56. The van der Waals surface area contributed by atoms with E-state index in [0.717, 1.165) is 11.0 Å². The second-order valence-electron chi connectivity index (χ2n) is 4.39. The van der Waals surface area contributed by atoms with Crippen molar-refractivity contribution < 1.29 is 9.32 Å². The summed E-state index contributed by atoms with van der Waals surface area (Å²) in [5, 5.41) is 9.38. The summed E-state index contributed by atoms with van der Waals surface area (Å²) >= 11 is 0. The molecule has 5 nitrogen and oxygen atoms in total. The lowest BCUT2D eigenvalue weighted by atomic mass is 10.2. The van der Waals surface area contributed by atoms with Crippen LogP contribution in [0.2, 0.25) is 0 Å². The molecule has 1 heterocycles. The van der Waals surface area contributed by atoms with Gasteiger partial charge in [0.25, 0.3) is 0 Å². The molecule has 0 bridgehead atoms.